The maximum absolute atomic E-state index is 13.0. The van der Waals surface area contributed by atoms with E-state index in [2.05, 4.69) is 11.4 Å². The van der Waals surface area contributed by atoms with Crippen molar-refractivity contribution in [2.75, 3.05) is 17.9 Å². The van der Waals surface area contributed by atoms with Gasteiger partial charge in [-0.2, -0.15) is 0 Å². The van der Waals surface area contributed by atoms with Crippen molar-refractivity contribution >= 4 is 21.6 Å². The van der Waals surface area contributed by atoms with E-state index in [1.54, 1.807) is 24.3 Å². The molecule has 2 aromatic rings. The Hall–Kier alpha value is -2.60. The fourth-order valence-corrected chi connectivity index (χ4v) is 4.66. The number of carbonyl (C=O) groups is 1. The smallest absolute Gasteiger partial charge is 0.264 e. The first-order chi connectivity index (χ1) is 13.9. The average Bonchev–Trinajstić information content (AvgIpc) is 2.74. The van der Waals surface area contributed by atoms with E-state index in [9.17, 15) is 13.2 Å². The Morgan fingerprint density at radius 3 is 2.55 bits per heavy atom. The molecule has 2 aromatic carbocycles. The van der Waals surface area contributed by atoms with Gasteiger partial charge in [-0.25, -0.2) is 8.42 Å². The Morgan fingerprint density at radius 1 is 1.10 bits per heavy atom. The largest absolute Gasteiger partial charge is 0.352 e. The highest BCUT2D eigenvalue weighted by Gasteiger charge is 2.22. The van der Waals surface area contributed by atoms with Crippen molar-refractivity contribution in [1.29, 1.82) is 0 Å². The molecule has 29 heavy (non-hydrogen) atoms. The quantitative estimate of drug-likeness (QED) is 0.684. The van der Waals surface area contributed by atoms with Crippen molar-refractivity contribution in [3.05, 3.63) is 71.3 Å². The Kier molecular flexibility index (Phi) is 6.75. The van der Waals surface area contributed by atoms with E-state index < -0.39 is 10.0 Å². The number of benzene rings is 2. The van der Waals surface area contributed by atoms with Gasteiger partial charge in [-0.3, -0.25) is 9.10 Å². The van der Waals surface area contributed by atoms with Crippen LogP contribution in [0.3, 0.4) is 0 Å². The first kappa shape index (κ1) is 21.1. The summed E-state index contributed by atoms with van der Waals surface area (Å²) in [6.45, 7) is 2.51. The lowest BCUT2D eigenvalue weighted by atomic mass is 9.97. The fourth-order valence-electron chi connectivity index (χ4n) is 3.42. The van der Waals surface area contributed by atoms with Gasteiger partial charge in [0.1, 0.15) is 0 Å². The molecule has 0 atom stereocenters. The molecular formula is C23H28N2O3S. The molecule has 5 nitrogen and oxygen atoms in total. The Balaban J connectivity index is 1.69. The van der Waals surface area contributed by atoms with Crippen LogP contribution < -0.4 is 9.62 Å². The van der Waals surface area contributed by atoms with Gasteiger partial charge in [0.2, 0.25) is 0 Å². The Bertz CT molecular complexity index is 995. The molecule has 0 aliphatic heterocycles. The molecule has 0 heterocycles. The number of anilines is 1. The molecule has 0 saturated carbocycles. The summed E-state index contributed by atoms with van der Waals surface area (Å²) >= 11 is 0. The zero-order valence-electron chi connectivity index (χ0n) is 17.0. The van der Waals surface area contributed by atoms with Gasteiger partial charge in [0.05, 0.1) is 10.6 Å². The van der Waals surface area contributed by atoms with Gasteiger partial charge in [-0.1, -0.05) is 35.4 Å². The maximum atomic E-state index is 13.0. The molecule has 1 amide bonds. The summed E-state index contributed by atoms with van der Waals surface area (Å²) in [6, 6.07) is 13.5. The summed E-state index contributed by atoms with van der Waals surface area (Å²) in [5.41, 5.74) is 3.38. The summed E-state index contributed by atoms with van der Waals surface area (Å²) in [6.07, 6.45) is 7.80. The molecule has 0 fully saturated rings. The standard InChI is InChI=1S/C23H28N2O3S/c1-18-11-13-21(14-12-18)25(2)29(27,28)22-10-6-9-20(17-22)23(26)24-16-15-19-7-4-3-5-8-19/h6-7,9-14,17H,3-5,8,15-16H2,1-2H3,(H,24,26). The lowest BCUT2D eigenvalue weighted by molar-refractivity contribution is 0.0954. The normalized spacial score (nSPS) is 14.2. The summed E-state index contributed by atoms with van der Waals surface area (Å²) in [4.78, 5) is 12.6. The van der Waals surface area contributed by atoms with E-state index in [0.717, 1.165) is 24.8 Å². The second-order valence-electron chi connectivity index (χ2n) is 7.45. The zero-order chi connectivity index (χ0) is 20.9. The zero-order valence-corrected chi connectivity index (χ0v) is 17.8. The van der Waals surface area contributed by atoms with Crippen LogP contribution in [0.15, 0.2) is 65.1 Å². The molecule has 0 aromatic heterocycles. The molecule has 0 spiro atoms. The third kappa shape index (κ3) is 5.26. The number of allylic oxidation sites excluding steroid dienone is 1. The molecule has 0 bridgehead atoms. The molecule has 1 N–H and O–H groups in total. The molecular weight excluding hydrogens is 384 g/mol. The average molecular weight is 413 g/mol. The second kappa shape index (κ2) is 9.27. The Morgan fingerprint density at radius 2 is 1.86 bits per heavy atom. The van der Waals surface area contributed by atoms with Gasteiger partial charge in [0.25, 0.3) is 15.9 Å². The van der Waals surface area contributed by atoms with E-state index in [0.29, 0.717) is 17.8 Å². The van der Waals surface area contributed by atoms with Crippen molar-refractivity contribution in [3.8, 4) is 0 Å². The number of nitrogens with zero attached hydrogens (tertiary/aromatic N) is 1. The van der Waals surface area contributed by atoms with E-state index in [4.69, 9.17) is 0 Å². The molecule has 3 rings (SSSR count). The van der Waals surface area contributed by atoms with E-state index in [-0.39, 0.29) is 10.8 Å². The van der Waals surface area contributed by atoms with Crippen molar-refractivity contribution in [3.63, 3.8) is 0 Å². The second-order valence-corrected chi connectivity index (χ2v) is 9.42. The SMILES string of the molecule is Cc1ccc(N(C)S(=O)(=O)c2cccc(C(=O)NCCC3=CCCCC3)c2)cc1. The van der Waals surface area contributed by atoms with Crippen LogP contribution in [0, 0.1) is 6.92 Å². The van der Waals surface area contributed by atoms with Gasteiger partial charge < -0.3 is 5.32 Å². The first-order valence-electron chi connectivity index (χ1n) is 10.00. The van der Waals surface area contributed by atoms with Gasteiger partial charge in [0.15, 0.2) is 0 Å². The third-order valence-electron chi connectivity index (χ3n) is 5.27. The predicted octanol–water partition coefficient (Wildman–Crippen LogP) is 4.44. The number of hydrogen-bond donors (Lipinski definition) is 1. The highest BCUT2D eigenvalue weighted by Crippen LogP contribution is 2.23. The number of hydrogen-bond acceptors (Lipinski definition) is 3. The number of rotatable bonds is 7. The van der Waals surface area contributed by atoms with Crippen molar-refractivity contribution in [2.24, 2.45) is 0 Å². The number of sulfonamides is 1. The van der Waals surface area contributed by atoms with Crippen LogP contribution in [0.25, 0.3) is 0 Å². The number of carbonyl (C=O) groups excluding carboxylic acids is 1. The van der Waals surface area contributed by atoms with Crippen LogP contribution in [-0.2, 0) is 10.0 Å². The minimum atomic E-state index is -3.75. The molecule has 0 radical (unpaired) electrons. The third-order valence-corrected chi connectivity index (χ3v) is 7.05. The first-order valence-corrected chi connectivity index (χ1v) is 11.4. The van der Waals surface area contributed by atoms with Crippen LogP contribution in [0.1, 0.15) is 48.0 Å². The number of aryl methyl sites for hydroxylation is 1. The molecule has 0 saturated heterocycles. The van der Waals surface area contributed by atoms with Crippen molar-refractivity contribution in [1.82, 2.24) is 5.32 Å². The molecule has 6 heteroatoms. The molecule has 0 unspecified atom stereocenters. The monoisotopic (exact) mass is 412 g/mol. The fraction of sp³-hybridized carbons (Fsp3) is 0.348. The number of nitrogens with one attached hydrogen (secondary N) is 1. The van der Waals surface area contributed by atoms with Crippen molar-refractivity contribution in [2.45, 2.75) is 43.9 Å². The van der Waals surface area contributed by atoms with E-state index in [1.165, 1.54) is 41.9 Å². The molecule has 1 aliphatic carbocycles. The van der Waals surface area contributed by atoms with Gasteiger partial charge in [-0.05, 0) is 69.4 Å². The van der Waals surface area contributed by atoms with Crippen LogP contribution >= 0.6 is 0 Å². The highest BCUT2D eigenvalue weighted by atomic mass is 32.2. The van der Waals surface area contributed by atoms with Gasteiger partial charge in [0, 0.05) is 19.2 Å². The predicted molar refractivity (Wildman–Crippen MR) is 117 cm³/mol. The molecule has 1 aliphatic rings. The van der Waals surface area contributed by atoms with Gasteiger partial charge >= 0.3 is 0 Å². The number of amides is 1. The van der Waals surface area contributed by atoms with Crippen LogP contribution in [0.4, 0.5) is 5.69 Å². The lowest BCUT2D eigenvalue weighted by Crippen LogP contribution is -2.28. The maximum Gasteiger partial charge on any atom is 0.264 e. The highest BCUT2D eigenvalue weighted by molar-refractivity contribution is 7.92. The minimum absolute atomic E-state index is 0.100. The van der Waals surface area contributed by atoms with Crippen LogP contribution in [0.2, 0.25) is 0 Å². The summed E-state index contributed by atoms with van der Waals surface area (Å²) in [5.74, 6) is -0.253. The molecule has 154 valence electrons. The Labute approximate surface area is 173 Å². The topological polar surface area (TPSA) is 66.5 Å². The minimum Gasteiger partial charge on any atom is -0.352 e. The van der Waals surface area contributed by atoms with Crippen LogP contribution in [0.5, 0.6) is 0 Å². The summed E-state index contributed by atoms with van der Waals surface area (Å²) in [7, 11) is -2.24. The lowest BCUT2D eigenvalue weighted by Gasteiger charge is -2.20. The van der Waals surface area contributed by atoms with Crippen LogP contribution in [-0.4, -0.2) is 27.9 Å². The van der Waals surface area contributed by atoms with E-state index in [1.807, 2.05) is 19.1 Å². The van der Waals surface area contributed by atoms with Crippen molar-refractivity contribution < 1.29 is 13.2 Å². The van der Waals surface area contributed by atoms with E-state index >= 15 is 0 Å². The van der Waals surface area contributed by atoms with Gasteiger partial charge in [-0.15, -0.1) is 0 Å². The summed E-state index contributed by atoms with van der Waals surface area (Å²) in [5, 5.41) is 2.90. The summed E-state index contributed by atoms with van der Waals surface area (Å²) < 4.78 is 27.2.